The topological polar surface area (TPSA) is 42.7 Å². The summed E-state index contributed by atoms with van der Waals surface area (Å²) in [7, 11) is 0. The van der Waals surface area contributed by atoms with Gasteiger partial charge in [-0.2, -0.15) is 0 Å². The van der Waals surface area contributed by atoms with Gasteiger partial charge in [0.2, 0.25) is 0 Å². The molecule has 0 aliphatic heterocycles. The molecule has 2 aromatic rings. The molecular formula is C12H18N4S. The van der Waals surface area contributed by atoms with Gasteiger partial charge in [0.15, 0.2) is 0 Å². The van der Waals surface area contributed by atoms with Crippen LogP contribution in [0.15, 0.2) is 24.1 Å². The molecule has 0 aromatic carbocycles. The van der Waals surface area contributed by atoms with E-state index in [2.05, 4.69) is 34.5 Å². The van der Waals surface area contributed by atoms with E-state index >= 15 is 0 Å². The number of aromatic nitrogens is 3. The third kappa shape index (κ3) is 3.94. The second-order valence-electron chi connectivity index (χ2n) is 4.49. The van der Waals surface area contributed by atoms with Gasteiger partial charge in [0, 0.05) is 24.3 Å². The van der Waals surface area contributed by atoms with Crippen LogP contribution in [0.3, 0.4) is 0 Å². The van der Waals surface area contributed by atoms with Crippen LogP contribution >= 0.6 is 11.3 Å². The molecule has 0 bridgehead atoms. The number of hydrogen-bond acceptors (Lipinski definition) is 4. The first-order valence-corrected chi connectivity index (χ1v) is 6.71. The predicted octanol–water partition coefficient (Wildman–Crippen LogP) is 2.13. The largest absolute Gasteiger partial charge is 0.331 e. The molecule has 1 N–H and O–H groups in total. The molecule has 2 heterocycles. The van der Waals surface area contributed by atoms with E-state index in [0.29, 0.717) is 5.92 Å². The van der Waals surface area contributed by atoms with E-state index in [9.17, 15) is 0 Å². The summed E-state index contributed by atoms with van der Waals surface area (Å²) in [6.07, 6.45) is 5.56. The van der Waals surface area contributed by atoms with Gasteiger partial charge in [0.1, 0.15) is 5.01 Å². The zero-order chi connectivity index (χ0) is 12.1. The molecule has 2 aromatic heterocycles. The van der Waals surface area contributed by atoms with E-state index in [1.807, 2.05) is 17.1 Å². The van der Waals surface area contributed by atoms with Crippen LogP contribution in [-0.2, 0) is 13.1 Å². The van der Waals surface area contributed by atoms with Gasteiger partial charge in [-0.3, -0.25) is 0 Å². The molecule has 0 spiro atoms. The smallest absolute Gasteiger partial charge is 0.107 e. The Balaban J connectivity index is 1.83. The molecule has 0 aliphatic carbocycles. The molecular weight excluding hydrogens is 232 g/mol. The molecule has 0 amide bonds. The zero-order valence-corrected chi connectivity index (χ0v) is 11.1. The lowest BCUT2D eigenvalue weighted by molar-refractivity contribution is 0.551. The monoisotopic (exact) mass is 250 g/mol. The molecule has 0 atom stereocenters. The maximum atomic E-state index is 4.59. The van der Waals surface area contributed by atoms with Gasteiger partial charge in [-0.15, -0.1) is 11.3 Å². The summed E-state index contributed by atoms with van der Waals surface area (Å²) < 4.78 is 2.03. The minimum Gasteiger partial charge on any atom is -0.331 e. The predicted molar refractivity (Wildman–Crippen MR) is 70.0 cm³/mol. The molecule has 0 saturated heterocycles. The first-order chi connectivity index (χ1) is 8.24. The van der Waals surface area contributed by atoms with Crippen LogP contribution in [0.4, 0.5) is 0 Å². The Morgan fingerprint density at radius 3 is 3.06 bits per heavy atom. The van der Waals surface area contributed by atoms with E-state index in [4.69, 9.17) is 0 Å². The molecule has 17 heavy (non-hydrogen) atoms. The molecule has 0 unspecified atom stereocenters. The fourth-order valence-electron chi connectivity index (χ4n) is 1.54. The normalized spacial score (nSPS) is 11.2. The molecule has 0 saturated carbocycles. The van der Waals surface area contributed by atoms with Gasteiger partial charge in [-0.05, 0) is 12.5 Å². The minimum absolute atomic E-state index is 0.681. The van der Waals surface area contributed by atoms with Crippen LogP contribution in [0.1, 0.15) is 24.5 Å². The number of thiazole rings is 1. The summed E-state index contributed by atoms with van der Waals surface area (Å²) in [6.45, 7) is 7.13. The van der Waals surface area contributed by atoms with Gasteiger partial charge in [0.05, 0.1) is 18.6 Å². The third-order valence-electron chi connectivity index (χ3n) is 2.33. The lowest BCUT2D eigenvalue weighted by atomic mass is 10.2. The molecule has 92 valence electrons. The van der Waals surface area contributed by atoms with E-state index in [0.717, 1.165) is 30.3 Å². The van der Waals surface area contributed by atoms with Crippen LogP contribution < -0.4 is 5.32 Å². The Hall–Kier alpha value is -1.20. The van der Waals surface area contributed by atoms with Crippen LogP contribution in [0.5, 0.6) is 0 Å². The number of imidazole rings is 1. The van der Waals surface area contributed by atoms with Crippen molar-refractivity contribution in [1.82, 2.24) is 19.9 Å². The van der Waals surface area contributed by atoms with Gasteiger partial charge in [-0.1, -0.05) is 13.8 Å². The zero-order valence-electron chi connectivity index (χ0n) is 10.3. The lowest BCUT2D eigenvalue weighted by Crippen LogP contribution is -2.18. The second-order valence-corrected chi connectivity index (χ2v) is 5.44. The average molecular weight is 250 g/mol. The van der Waals surface area contributed by atoms with Crippen molar-refractivity contribution in [2.24, 2.45) is 5.92 Å². The highest BCUT2D eigenvalue weighted by Gasteiger charge is 2.02. The quantitative estimate of drug-likeness (QED) is 0.854. The maximum absolute atomic E-state index is 4.59. The van der Waals surface area contributed by atoms with Crippen LogP contribution in [0.25, 0.3) is 0 Å². The SMILES string of the molecule is CC(C)CNCc1nc(Cn2ccnc2)cs1. The second kappa shape index (κ2) is 5.93. The van der Waals surface area contributed by atoms with E-state index in [-0.39, 0.29) is 0 Å². The van der Waals surface area contributed by atoms with Crippen molar-refractivity contribution < 1.29 is 0 Å². The van der Waals surface area contributed by atoms with Crippen molar-refractivity contribution >= 4 is 11.3 Å². The van der Waals surface area contributed by atoms with Crippen molar-refractivity contribution in [1.29, 1.82) is 0 Å². The molecule has 0 radical (unpaired) electrons. The fraction of sp³-hybridized carbons (Fsp3) is 0.500. The van der Waals surface area contributed by atoms with E-state index in [1.165, 1.54) is 0 Å². The summed E-state index contributed by atoms with van der Waals surface area (Å²) in [5.74, 6) is 0.681. The first-order valence-electron chi connectivity index (χ1n) is 5.84. The minimum atomic E-state index is 0.681. The Kier molecular flexibility index (Phi) is 4.28. The highest BCUT2D eigenvalue weighted by molar-refractivity contribution is 7.09. The Labute approximate surface area is 106 Å². The molecule has 2 rings (SSSR count). The third-order valence-corrected chi connectivity index (χ3v) is 3.23. The Morgan fingerprint density at radius 2 is 2.35 bits per heavy atom. The van der Waals surface area contributed by atoms with Crippen LogP contribution in [0, 0.1) is 5.92 Å². The van der Waals surface area contributed by atoms with E-state index in [1.54, 1.807) is 17.5 Å². The van der Waals surface area contributed by atoms with Gasteiger partial charge in [0.25, 0.3) is 0 Å². The van der Waals surface area contributed by atoms with Crippen molar-refractivity contribution in [2.45, 2.75) is 26.9 Å². The average Bonchev–Trinajstić information content (AvgIpc) is 2.90. The molecule has 0 aliphatic rings. The summed E-state index contributed by atoms with van der Waals surface area (Å²) in [4.78, 5) is 8.61. The lowest BCUT2D eigenvalue weighted by Gasteiger charge is -2.04. The van der Waals surface area contributed by atoms with Crippen molar-refractivity contribution in [2.75, 3.05) is 6.54 Å². The van der Waals surface area contributed by atoms with Crippen LogP contribution in [-0.4, -0.2) is 21.1 Å². The number of hydrogen-bond donors (Lipinski definition) is 1. The highest BCUT2D eigenvalue weighted by atomic mass is 32.1. The van der Waals surface area contributed by atoms with Gasteiger partial charge in [-0.25, -0.2) is 9.97 Å². The number of nitrogens with zero attached hydrogens (tertiary/aromatic N) is 3. The standard InChI is InChI=1S/C12H18N4S/c1-10(2)5-14-6-12-15-11(8-17-12)7-16-4-3-13-9-16/h3-4,8-10,14H,5-7H2,1-2H3. The maximum Gasteiger partial charge on any atom is 0.107 e. The summed E-state index contributed by atoms with van der Waals surface area (Å²) in [5.41, 5.74) is 1.11. The Bertz CT molecular complexity index is 433. The van der Waals surface area contributed by atoms with Crippen LogP contribution in [0.2, 0.25) is 0 Å². The summed E-state index contributed by atoms with van der Waals surface area (Å²) in [5, 5.41) is 6.67. The van der Waals surface area contributed by atoms with Crippen molar-refractivity contribution in [3.8, 4) is 0 Å². The fourth-order valence-corrected chi connectivity index (χ4v) is 2.29. The van der Waals surface area contributed by atoms with Gasteiger partial charge >= 0.3 is 0 Å². The van der Waals surface area contributed by atoms with Crippen molar-refractivity contribution in [3.05, 3.63) is 34.8 Å². The summed E-state index contributed by atoms with van der Waals surface area (Å²) in [6, 6.07) is 0. The molecule has 5 heteroatoms. The molecule has 4 nitrogen and oxygen atoms in total. The van der Waals surface area contributed by atoms with Crippen molar-refractivity contribution in [3.63, 3.8) is 0 Å². The van der Waals surface area contributed by atoms with Gasteiger partial charge < -0.3 is 9.88 Å². The number of nitrogens with one attached hydrogen (secondary N) is 1. The summed E-state index contributed by atoms with van der Waals surface area (Å²) >= 11 is 1.72. The van der Waals surface area contributed by atoms with E-state index < -0.39 is 0 Å². The highest BCUT2D eigenvalue weighted by Crippen LogP contribution is 2.10. The Morgan fingerprint density at radius 1 is 1.47 bits per heavy atom. The molecule has 0 fully saturated rings. The number of rotatable bonds is 6. The first kappa shape index (κ1) is 12.3.